The largest absolute Gasteiger partial charge is 0.528 e. The number of aliphatic carboxylic acids is 1. The fourth-order valence-electron chi connectivity index (χ4n) is 4.85. The second kappa shape index (κ2) is 12.4. The molecular weight excluding hydrogens is 565 g/mol. The van der Waals surface area contributed by atoms with E-state index in [0.717, 1.165) is 17.7 Å². The molecule has 0 spiro atoms. The fraction of sp³-hybridized carbons (Fsp3) is 0.161. The number of hydrogen-bond acceptors (Lipinski definition) is 8. The van der Waals surface area contributed by atoms with Crippen molar-refractivity contribution in [3.8, 4) is 5.75 Å². The number of carbonyl (C=O) groups excluding carboxylic acids is 1. The van der Waals surface area contributed by atoms with Gasteiger partial charge in [-0.2, -0.15) is 0 Å². The van der Waals surface area contributed by atoms with Crippen LogP contribution >= 0.6 is 0 Å². The number of carboxylic acid groups (broad SMARTS) is 1. The number of carbonyl (C=O) groups is 2. The van der Waals surface area contributed by atoms with Crippen LogP contribution in [0.4, 0.5) is 9.18 Å². The number of sulfone groups is 1. The number of carboxylic acids is 1. The molecule has 0 radical (unpaired) electrons. The summed E-state index contributed by atoms with van der Waals surface area (Å²) in [5.41, 5.74) is 1.75. The van der Waals surface area contributed by atoms with Crippen LogP contribution in [-0.4, -0.2) is 43.9 Å². The van der Waals surface area contributed by atoms with Crippen molar-refractivity contribution < 1.29 is 41.8 Å². The van der Waals surface area contributed by atoms with Crippen molar-refractivity contribution in [1.29, 1.82) is 0 Å². The summed E-state index contributed by atoms with van der Waals surface area (Å²) < 4.78 is 52.7. The van der Waals surface area contributed by atoms with Gasteiger partial charge in [-0.25, -0.2) is 22.4 Å². The highest BCUT2D eigenvalue weighted by atomic mass is 32.2. The lowest BCUT2D eigenvalue weighted by Crippen LogP contribution is -2.39. The molecule has 1 aliphatic rings. The second-order valence-electron chi connectivity index (χ2n) is 9.41. The van der Waals surface area contributed by atoms with E-state index in [1.54, 1.807) is 54.6 Å². The van der Waals surface area contributed by atoms with Crippen LogP contribution in [0.15, 0.2) is 107 Å². The topological polar surface area (TPSA) is 119 Å². The summed E-state index contributed by atoms with van der Waals surface area (Å²) in [6.45, 7) is -0.740. The summed E-state index contributed by atoms with van der Waals surface area (Å²) in [7, 11) is -3.94. The molecule has 42 heavy (non-hydrogen) atoms. The Balaban J connectivity index is 1.56. The zero-order chi connectivity index (χ0) is 29.7. The molecule has 216 valence electrons. The smallest absolute Gasteiger partial charge is 0.482 e. The Morgan fingerprint density at radius 3 is 2.33 bits per heavy atom. The van der Waals surface area contributed by atoms with Gasteiger partial charge >= 0.3 is 12.1 Å². The predicted molar refractivity (Wildman–Crippen MR) is 148 cm³/mol. The average Bonchev–Trinajstić information content (AvgIpc) is 3.00. The Labute approximate surface area is 241 Å². The van der Waals surface area contributed by atoms with E-state index in [4.69, 9.17) is 14.3 Å². The molecule has 5 rings (SSSR count). The van der Waals surface area contributed by atoms with E-state index in [1.807, 2.05) is 6.07 Å². The third-order valence-electron chi connectivity index (χ3n) is 6.69. The highest BCUT2D eigenvalue weighted by molar-refractivity contribution is 7.91. The van der Waals surface area contributed by atoms with Gasteiger partial charge in [-0.1, -0.05) is 60.7 Å². The van der Waals surface area contributed by atoms with Gasteiger partial charge in [0.05, 0.1) is 9.79 Å². The van der Waals surface area contributed by atoms with Gasteiger partial charge < -0.3 is 19.4 Å². The lowest BCUT2D eigenvalue weighted by Gasteiger charge is -2.36. The number of hydrogen-bond donors (Lipinski definition) is 1. The first-order valence-electron chi connectivity index (χ1n) is 13.0. The standard InChI is InChI=1S/C31H26FNO8S/c32-22-14-15-27(39-20-29(34)35)26(18-22)30-25-12-7-13-28(42(37,38)23-10-5-2-6-11-23)24(25)16-17-33(30)41-31(36)40-19-21-8-3-1-4-9-21/h1-15,18,30H,16-17,19-20H2,(H,34,35). The van der Waals surface area contributed by atoms with Crippen molar-refractivity contribution in [2.75, 3.05) is 13.2 Å². The van der Waals surface area contributed by atoms with Gasteiger partial charge in [0, 0.05) is 12.1 Å². The minimum absolute atomic E-state index is 0.0221. The molecule has 1 heterocycles. The molecule has 9 nitrogen and oxygen atoms in total. The minimum atomic E-state index is -3.94. The first-order chi connectivity index (χ1) is 20.2. The molecule has 0 aliphatic carbocycles. The van der Waals surface area contributed by atoms with Gasteiger partial charge in [0.2, 0.25) is 9.84 Å². The van der Waals surface area contributed by atoms with Crippen molar-refractivity contribution in [2.45, 2.75) is 28.9 Å². The van der Waals surface area contributed by atoms with Crippen LogP contribution in [-0.2, 0) is 37.2 Å². The minimum Gasteiger partial charge on any atom is -0.482 e. The van der Waals surface area contributed by atoms with Gasteiger partial charge in [-0.05, 0) is 59.5 Å². The van der Waals surface area contributed by atoms with Crippen LogP contribution in [0.2, 0.25) is 0 Å². The van der Waals surface area contributed by atoms with Crippen LogP contribution in [0.1, 0.15) is 28.3 Å². The Morgan fingerprint density at radius 2 is 1.62 bits per heavy atom. The Bertz CT molecular complexity index is 1700. The van der Waals surface area contributed by atoms with Gasteiger partial charge in [-0.3, -0.25) is 0 Å². The van der Waals surface area contributed by atoms with Crippen molar-refractivity contribution >= 4 is 22.0 Å². The Hall–Kier alpha value is -4.74. The van der Waals surface area contributed by atoms with Crippen LogP contribution < -0.4 is 4.74 Å². The van der Waals surface area contributed by atoms with Gasteiger partial charge in [0.25, 0.3) is 0 Å². The molecule has 0 fully saturated rings. The maximum absolute atomic E-state index is 14.6. The average molecular weight is 592 g/mol. The van der Waals surface area contributed by atoms with Crippen LogP contribution in [0.25, 0.3) is 0 Å². The first-order valence-corrected chi connectivity index (χ1v) is 14.4. The zero-order valence-corrected chi connectivity index (χ0v) is 23.0. The van der Waals surface area contributed by atoms with E-state index in [1.165, 1.54) is 29.3 Å². The van der Waals surface area contributed by atoms with E-state index in [0.29, 0.717) is 11.1 Å². The van der Waals surface area contributed by atoms with Gasteiger partial charge in [0.1, 0.15) is 24.2 Å². The van der Waals surface area contributed by atoms with E-state index < -0.39 is 40.4 Å². The summed E-state index contributed by atoms with van der Waals surface area (Å²) in [5.74, 6) is -1.87. The molecule has 0 amide bonds. The molecule has 4 aromatic carbocycles. The maximum Gasteiger partial charge on any atom is 0.528 e. The molecule has 11 heteroatoms. The molecule has 0 saturated carbocycles. The molecule has 0 aromatic heterocycles. The highest BCUT2D eigenvalue weighted by Gasteiger charge is 2.37. The molecule has 1 atom stereocenters. The molecule has 1 unspecified atom stereocenters. The van der Waals surface area contributed by atoms with Crippen molar-refractivity contribution in [3.05, 3.63) is 125 Å². The lowest BCUT2D eigenvalue weighted by molar-refractivity contribution is -0.153. The summed E-state index contributed by atoms with van der Waals surface area (Å²) in [4.78, 5) is 29.8. The maximum atomic E-state index is 14.6. The first kappa shape index (κ1) is 28.8. The zero-order valence-electron chi connectivity index (χ0n) is 22.2. The van der Waals surface area contributed by atoms with E-state index in [9.17, 15) is 27.5 Å². The van der Waals surface area contributed by atoms with Gasteiger partial charge in [-0.15, -0.1) is 5.06 Å². The lowest BCUT2D eigenvalue weighted by atomic mass is 9.89. The Kier molecular flexibility index (Phi) is 8.51. The summed E-state index contributed by atoms with van der Waals surface area (Å²) in [5, 5.41) is 10.4. The Morgan fingerprint density at radius 1 is 0.905 bits per heavy atom. The predicted octanol–water partition coefficient (Wildman–Crippen LogP) is 5.34. The van der Waals surface area contributed by atoms with Crippen molar-refractivity contribution in [3.63, 3.8) is 0 Å². The number of hydroxylamine groups is 2. The summed E-state index contributed by atoms with van der Waals surface area (Å²) in [6.07, 6.45) is -0.856. The molecule has 0 saturated heterocycles. The molecule has 4 aromatic rings. The number of halogens is 1. The number of rotatable bonds is 9. The normalized spacial score (nSPS) is 14.9. The molecular formula is C31H26FNO8S. The number of benzene rings is 4. The fourth-order valence-corrected chi connectivity index (χ4v) is 6.43. The quantitative estimate of drug-likeness (QED) is 0.257. The molecule has 0 bridgehead atoms. The van der Waals surface area contributed by atoms with Gasteiger partial charge in [0.15, 0.2) is 6.61 Å². The molecule has 1 N–H and O–H groups in total. The second-order valence-corrected chi connectivity index (χ2v) is 11.3. The van der Waals surface area contributed by atoms with E-state index in [2.05, 4.69) is 0 Å². The SMILES string of the molecule is O=C(O)COc1ccc(F)cc1C1c2cccc(S(=O)(=O)c3ccccc3)c2CCN1OC(=O)OCc1ccccc1. The molecule has 1 aliphatic heterocycles. The van der Waals surface area contributed by atoms with Crippen LogP contribution in [0.3, 0.4) is 0 Å². The summed E-state index contributed by atoms with van der Waals surface area (Å²) >= 11 is 0. The monoisotopic (exact) mass is 591 g/mol. The number of fused-ring (bicyclic) bond motifs is 1. The third kappa shape index (κ3) is 6.27. The van der Waals surface area contributed by atoms with Crippen molar-refractivity contribution in [1.82, 2.24) is 5.06 Å². The number of nitrogens with zero attached hydrogens (tertiary/aromatic N) is 1. The van der Waals surface area contributed by atoms with Crippen molar-refractivity contribution in [2.24, 2.45) is 0 Å². The van der Waals surface area contributed by atoms with Crippen LogP contribution in [0.5, 0.6) is 5.75 Å². The van der Waals surface area contributed by atoms with E-state index in [-0.39, 0.29) is 40.7 Å². The highest BCUT2D eigenvalue weighted by Crippen LogP contribution is 2.42. The number of ether oxygens (including phenoxy) is 2. The third-order valence-corrected chi connectivity index (χ3v) is 8.54. The van der Waals surface area contributed by atoms with E-state index >= 15 is 0 Å². The summed E-state index contributed by atoms with van der Waals surface area (Å²) in [6, 6.07) is 24.1. The van der Waals surface area contributed by atoms with Crippen LogP contribution in [0, 0.1) is 5.82 Å².